The van der Waals surface area contributed by atoms with E-state index in [4.69, 9.17) is 18.5 Å². The number of nitro groups is 2. The number of esters is 2. The first-order chi connectivity index (χ1) is 28.5. The fourth-order valence-corrected chi connectivity index (χ4v) is 7.42. The number of carbonyl (C=O) groups is 2. The Labute approximate surface area is 359 Å². The summed E-state index contributed by atoms with van der Waals surface area (Å²) in [6.07, 6.45) is 29.5. The average molecular weight is 875 g/mol. The van der Waals surface area contributed by atoms with Crippen molar-refractivity contribution in [3.05, 3.63) is 38.4 Å². The molecule has 60 heavy (non-hydrogen) atoms. The number of phosphoric ester groups is 1. The first-order valence-electron chi connectivity index (χ1n) is 22.6. The lowest BCUT2D eigenvalue weighted by molar-refractivity contribution is -0.393. The van der Waals surface area contributed by atoms with E-state index in [0.717, 1.165) is 56.7 Å². The number of nitrogens with zero attached hydrogens (tertiary/aromatic N) is 2. The van der Waals surface area contributed by atoms with Crippen molar-refractivity contribution in [3.63, 3.8) is 0 Å². The third-order valence-corrected chi connectivity index (χ3v) is 11.1. The van der Waals surface area contributed by atoms with Crippen molar-refractivity contribution < 1.29 is 47.4 Å². The molecule has 0 spiro atoms. The third-order valence-electron chi connectivity index (χ3n) is 10.2. The maximum absolute atomic E-state index is 12.7. The van der Waals surface area contributed by atoms with E-state index in [0.29, 0.717) is 12.8 Å². The van der Waals surface area contributed by atoms with Crippen LogP contribution in [-0.4, -0.2) is 54.3 Å². The van der Waals surface area contributed by atoms with E-state index in [-0.39, 0.29) is 37.8 Å². The topological polar surface area (TPSA) is 246 Å². The van der Waals surface area contributed by atoms with Crippen LogP contribution >= 0.6 is 7.82 Å². The highest BCUT2D eigenvalue weighted by Crippen LogP contribution is 2.38. The summed E-state index contributed by atoms with van der Waals surface area (Å²) in [5.74, 6) is -1.02. The number of phosphoric acid groups is 1. The Kier molecular flexibility index (Phi) is 35.6. The van der Waals surface area contributed by atoms with E-state index in [1.54, 1.807) is 0 Å². The fourth-order valence-electron chi connectivity index (χ4n) is 6.68. The van der Waals surface area contributed by atoms with Gasteiger partial charge in [-0.15, -0.1) is 0 Å². The molecule has 5 N–H and O–H groups in total. The summed E-state index contributed by atoms with van der Waals surface area (Å²) in [5, 5.41) is 25.0. The molecule has 2 unspecified atom stereocenters. The van der Waals surface area contributed by atoms with Gasteiger partial charge in [0.25, 0.3) is 19.2 Å². The highest BCUT2D eigenvalue weighted by Gasteiger charge is 2.22. The summed E-state index contributed by atoms with van der Waals surface area (Å²) in [5.41, 5.74) is -1.10. The molecule has 0 fully saturated rings. The minimum Gasteiger partial charge on any atom is -0.756 e. The van der Waals surface area contributed by atoms with Crippen molar-refractivity contribution in [3.8, 4) is 0 Å². The van der Waals surface area contributed by atoms with E-state index in [1.807, 2.05) is 0 Å². The lowest BCUT2D eigenvalue weighted by Gasteiger charge is -2.25. The highest BCUT2D eigenvalue weighted by molar-refractivity contribution is 7.45. The summed E-state index contributed by atoms with van der Waals surface area (Å²) in [4.78, 5) is 58.6. The number of rotatable bonds is 41. The molecule has 0 aromatic heterocycles. The second-order valence-electron chi connectivity index (χ2n) is 15.5. The third kappa shape index (κ3) is 31.7. The van der Waals surface area contributed by atoms with E-state index in [2.05, 4.69) is 19.2 Å². The molecular formula is C43H79N4O12P. The molecule has 2 atom stereocenters. The Morgan fingerprint density at radius 3 is 1.50 bits per heavy atom. The van der Waals surface area contributed by atoms with Crippen LogP contribution in [0.2, 0.25) is 0 Å². The lowest BCUT2D eigenvalue weighted by atomic mass is 10.0. The standard InChI is InChI=1S/C43H76N3O12P.H3N/c1-3-5-7-9-11-13-15-17-19-21-23-25-27-29-42(47)55-36-39(58-43(48)30-28-26-24-22-20-18-16-14-12-10-8-6-4-2)37-57-59(53,54)56-34-33-44-40-32-31-38(45(49)50)35-41(40)46(51)52;/h31-32,35,39,44H,3-30,33-34,36-37H2,1-2H3,(H,53,54);1H3. The van der Waals surface area contributed by atoms with Crippen molar-refractivity contribution in [2.75, 3.05) is 31.7 Å². The van der Waals surface area contributed by atoms with E-state index in [9.17, 15) is 39.3 Å². The highest BCUT2D eigenvalue weighted by atomic mass is 31.2. The summed E-state index contributed by atoms with van der Waals surface area (Å²) in [7, 11) is -4.95. The molecule has 1 aromatic rings. The predicted octanol–water partition coefficient (Wildman–Crippen LogP) is 12.2. The zero-order valence-corrected chi connectivity index (χ0v) is 38.1. The van der Waals surface area contributed by atoms with Crippen LogP contribution < -0.4 is 16.4 Å². The number of carbonyl (C=O) groups excluding carboxylic acids is 2. The minimum atomic E-state index is -4.95. The number of ether oxygens (including phenoxy) is 2. The molecule has 1 rings (SSSR count). The molecular weight excluding hydrogens is 795 g/mol. The SMILES string of the molecule is CCCCCCCCCCCCCCCC(=O)OCC(COP(=O)([O-])OCCNc1ccc([N+](=O)[O-])cc1[N+](=O)[O-])OC(=O)CCCCCCCCCCCCCCC.[NH4+]. The smallest absolute Gasteiger partial charge is 0.306 e. The molecule has 1 aromatic carbocycles. The van der Waals surface area contributed by atoms with Crippen LogP contribution in [0.25, 0.3) is 0 Å². The second-order valence-corrected chi connectivity index (χ2v) is 16.9. The number of unbranched alkanes of at least 4 members (excludes halogenated alkanes) is 24. The monoisotopic (exact) mass is 875 g/mol. The Hall–Kier alpha value is -3.17. The maximum Gasteiger partial charge on any atom is 0.306 e. The van der Waals surface area contributed by atoms with Gasteiger partial charge in [-0.25, -0.2) is 0 Å². The number of quaternary nitrogens is 1. The summed E-state index contributed by atoms with van der Waals surface area (Å²) >= 11 is 0. The lowest BCUT2D eigenvalue weighted by Crippen LogP contribution is -2.30. The molecule has 16 nitrogen and oxygen atoms in total. The zero-order chi connectivity index (χ0) is 43.4. The number of nitro benzene ring substituents is 2. The van der Waals surface area contributed by atoms with Gasteiger partial charge in [0.15, 0.2) is 6.10 Å². The molecule has 0 radical (unpaired) electrons. The molecule has 0 heterocycles. The fraction of sp³-hybridized carbons (Fsp3) is 0.814. The number of hydrogen-bond acceptors (Lipinski definition) is 13. The maximum atomic E-state index is 12.7. The van der Waals surface area contributed by atoms with Gasteiger partial charge in [0.1, 0.15) is 12.3 Å². The van der Waals surface area contributed by atoms with Crippen LogP contribution in [0.4, 0.5) is 17.1 Å². The molecule has 0 saturated carbocycles. The van der Waals surface area contributed by atoms with Crippen LogP contribution in [0.5, 0.6) is 0 Å². The van der Waals surface area contributed by atoms with Gasteiger partial charge in [0, 0.05) is 25.5 Å². The average Bonchev–Trinajstić information content (AvgIpc) is 3.21. The number of hydrogen-bond donors (Lipinski definition) is 2. The first-order valence-corrected chi connectivity index (χ1v) is 24.1. The number of non-ortho nitro benzene ring substituents is 1. The van der Waals surface area contributed by atoms with E-state index in [1.165, 1.54) is 116 Å². The molecule has 0 saturated heterocycles. The predicted molar refractivity (Wildman–Crippen MR) is 235 cm³/mol. The Bertz CT molecular complexity index is 1340. The first kappa shape index (κ1) is 56.8. The van der Waals surface area contributed by atoms with Gasteiger partial charge in [-0.3, -0.25) is 34.4 Å². The van der Waals surface area contributed by atoms with Crippen LogP contribution in [-0.2, 0) is 32.7 Å². The van der Waals surface area contributed by atoms with Crippen LogP contribution in [0.3, 0.4) is 0 Å². The number of anilines is 1. The summed E-state index contributed by atoms with van der Waals surface area (Å²) in [6, 6.07) is 3.00. The quantitative estimate of drug-likeness (QED) is 0.0204. The van der Waals surface area contributed by atoms with Crippen molar-refractivity contribution in [2.45, 2.75) is 200 Å². The van der Waals surface area contributed by atoms with Crippen LogP contribution in [0.1, 0.15) is 194 Å². The minimum absolute atomic E-state index is 0. The number of nitrogens with one attached hydrogen (secondary N) is 1. The van der Waals surface area contributed by atoms with Gasteiger partial charge in [0.2, 0.25) is 0 Å². The normalized spacial score (nSPS) is 12.6. The van der Waals surface area contributed by atoms with Crippen molar-refractivity contribution in [2.24, 2.45) is 0 Å². The van der Waals surface area contributed by atoms with E-state index >= 15 is 0 Å². The van der Waals surface area contributed by atoms with Gasteiger partial charge < -0.3 is 34.9 Å². The largest absolute Gasteiger partial charge is 0.756 e. The molecule has 17 heteroatoms. The Morgan fingerprint density at radius 2 is 1.07 bits per heavy atom. The molecule has 0 amide bonds. The van der Waals surface area contributed by atoms with Crippen LogP contribution in [0.15, 0.2) is 18.2 Å². The molecule has 0 aliphatic carbocycles. The zero-order valence-electron chi connectivity index (χ0n) is 37.2. The second kappa shape index (κ2) is 37.6. The van der Waals surface area contributed by atoms with Crippen molar-refractivity contribution >= 4 is 36.8 Å². The van der Waals surface area contributed by atoms with Crippen molar-refractivity contribution in [1.82, 2.24) is 6.15 Å². The summed E-state index contributed by atoms with van der Waals surface area (Å²) < 4.78 is 33.3. The van der Waals surface area contributed by atoms with Crippen LogP contribution in [0, 0.1) is 20.2 Å². The number of benzene rings is 1. The molecule has 348 valence electrons. The molecule has 0 aliphatic heterocycles. The van der Waals surface area contributed by atoms with Gasteiger partial charge in [-0.2, -0.15) is 0 Å². The van der Waals surface area contributed by atoms with Gasteiger partial charge in [0.05, 0.1) is 29.1 Å². The Morgan fingerprint density at radius 1 is 0.633 bits per heavy atom. The van der Waals surface area contributed by atoms with E-state index < -0.39 is 60.3 Å². The summed E-state index contributed by atoms with van der Waals surface area (Å²) in [6.45, 7) is 2.72. The molecule has 0 aliphatic rings. The van der Waals surface area contributed by atoms with Crippen molar-refractivity contribution in [1.29, 1.82) is 0 Å². The molecule has 0 bridgehead atoms. The van der Waals surface area contributed by atoms with Gasteiger partial charge in [-0.05, 0) is 18.9 Å². The Balaban J connectivity index is 0.0000348. The van der Waals surface area contributed by atoms with Gasteiger partial charge in [-0.1, -0.05) is 168 Å². The van der Waals surface area contributed by atoms with Gasteiger partial charge >= 0.3 is 11.9 Å².